The van der Waals surface area contributed by atoms with E-state index in [1.54, 1.807) is 20.3 Å². The summed E-state index contributed by atoms with van der Waals surface area (Å²) >= 11 is 0. The van der Waals surface area contributed by atoms with Gasteiger partial charge in [0.15, 0.2) is 17.6 Å². The Kier molecular flexibility index (Phi) is 4.81. The first-order valence-corrected chi connectivity index (χ1v) is 6.30. The van der Waals surface area contributed by atoms with Crippen LogP contribution >= 0.6 is 0 Å². The average molecular weight is 282 g/mol. The molecule has 1 heterocycles. The molecule has 1 aromatic carbocycles. The smallest absolute Gasteiger partial charge is 0.309 e. The number of cyclic esters (lactones) is 1. The molecule has 1 aliphatic rings. The molecule has 0 aliphatic carbocycles. The van der Waals surface area contributed by atoms with Gasteiger partial charge in [-0.2, -0.15) is 0 Å². The lowest BCUT2D eigenvalue weighted by Gasteiger charge is -2.14. The van der Waals surface area contributed by atoms with Gasteiger partial charge in [0, 0.05) is 0 Å². The van der Waals surface area contributed by atoms with Gasteiger partial charge in [-0.3, -0.25) is 4.79 Å². The molecular weight excluding hydrogens is 264 g/mol. The Labute approximate surface area is 117 Å². The molecule has 6 heteroatoms. The molecule has 1 aromatic rings. The minimum absolute atomic E-state index is 0.0321. The molecule has 110 valence electrons. The van der Waals surface area contributed by atoms with E-state index in [4.69, 9.17) is 18.9 Å². The molecule has 6 nitrogen and oxygen atoms in total. The Morgan fingerprint density at radius 3 is 2.65 bits per heavy atom. The van der Waals surface area contributed by atoms with Gasteiger partial charge in [-0.25, -0.2) is 0 Å². The minimum Gasteiger partial charge on any atom is -0.493 e. The molecule has 0 amide bonds. The fourth-order valence-electron chi connectivity index (χ4n) is 2.01. The van der Waals surface area contributed by atoms with Gasteiger partial charge in [-0.15, -0.1) is 0 Å². The maximum atomic E-state index is 11.0. The summed E-state index contributed by atoms with van der Waals surface area (Å²) in [5, 5.41) is 9.54. The largest absolute Gasteiger partial charge is 0.493 e. The number of rotatable bonds is 6. The summed E-state index contributed by atoms with van der Waals surface area (Å²) < 4.78 is 20.7. The zero-order chi connectivity index (χ0) is 14.5. The highest BCUT2D eigenvalue weighted by molar-refractivity contribution is 5.72. The number of hydrogen-bond donors (Lipinski definition) is 1. The molecule has 20 heavy (non-hydrogen) atoms. The van der Waals surface area contributed by atoms with E-state index in [1.165, 1.54) is 0 Å². The molecule has 1 N–H and O–H groups in total. The summed E-state index contributed by atoms with van der Waals surface area (Å²) in [6.45, 7) is 0.502. The van der Waals surface area contributed by atoms with Crippen LogP contribution in [0.15, 0.2) is 18.2 Å². The number of aliphatic hydroxyl groups is 1. The number of methoxy groups -OCH3 is 2. The normalized spacial score (nSPS) is 21.6. The van der Waals surface area contributed by atoms with Gasteiger partial charge in [-0.05, 0) is 17.7 Å². The Hall–Kier alpha value is -1.79. The van der Waals surface area contributed by atoms with Crippen LogP contribution in [0, 0.1) is 0 Å². The van der Waals surface area contributed by atoms with Crippen LogP contribution in [0.3, 0.4) is 0 Å². The van der Waals surface area contributed by atoms with Crippen molar-refractivity contribution < 1.29 is 28.8 Å². The van der Waals surface area contributed by atoms with Crippen molar-refractivity contribution in [2.45, 2.75) is 25.2 Å². The van der Waals surface area contributed by atoms with E-state index in [9.17, 15) is 9.90 Å². The van der Waals surface area contributed by atoms with Crippen LogP contribution in [0.1, 0.15) is 12.0 Å². The molecule has 1 saturated heterocycles. The molecule has 0 unspecified atom stereocenters. The molecule has 0 radical (unpaired) electrons. The first-order valence-electron chi connectivity index (χ1n) is 6.30. The molecule has 0 aromatic heterocycles. The van der Waals surface area contributed by atoms with Crippen molar-refractivity contribution in [2.75, 3.05) is 20.8 Å². The third kappa shape index (κ3) is 3.40. The minimum atomic E-state index is -0.784. The van der Waals surface area contributed by atoms with E-state index in [-0.39, 0.29) is 13.0 Å². The highest BCUT2D eigenvalue weighted by Gasteiger charge is 2.33. The molecule has 2 rings (SSSR count). The van der Waals surface area contributed by atoms with Crippen molar-refractivity contribution in [1.82, 2.24) is 0 Å². The number of carbonyl (C=O) groups excluding carboxylic acids is 1. The van der Waals surface area contributed by atoms with E-state index in [2.05, 4.69) is 0 Å². The number of benzene rings is 1. The van der Waals surface area contributed by atoms with Crippen LogP contribution in [0.25, 0.3) is 0 Å². The number of carbonyl (C=O) groups is 1. The predicted molar refractivity (Wildman–Crippen MR) is 69.7 cm³/mol. The topological polar surface area (TPSA) is 74.2 Å². The summed E-state index contributed by atoms with van der Waals surface area (Å²) in [5.41, 5.74) is 0.904. The zero-order valence-corrected chi connectivity index (χ0v) is 11.5. The van der Waals surface area contributed by atoms with E-state index < -0.39 is 18.2 Å². The van der Waals surface area contributed by atoms with Gasteiger partial charge >= 0.3 is 5.97 Å². The Morgan fingerprint density at radius 1 is 1.30 bits per heavy atom. The van der Waals surface area contributed by atoms with Gasteiger partial charge in [0.05, 0.1) is 33.9 Å². The van der Waals surface area contributed by atoms with Crippen LogP contribution < -0.4 is 9.47 Å². The van der Waals surface area contributed by atoms with E-state index in [0.29, 0.717) is 18.1 Å². The van der Waals surface area contributed by atoms with E-state index in [0.717, 1.165) is 5.56 Å². The third-order valence-corrected chi connectivity index (χ3v) is 3.09. The second-order valence-electron chi connectivity index (χ2n) is 4.50. The zero-order valence-electron chi connectivity index (χ0n) is 11.5. The number of aliphatic hydroxyl groups excluding tert-OH is 1. The fraction of sp³-hybridized carbons (Fsp3) is 0.500. The molecule has 0 spiro atoms. The maximum absolute atomic E-state index is 11.0. The summed E-state index contributed by atoms with van der Waals surface area (Å²) in [6, 6.07) is 5.47. The van der Waals surface area contributed by atoms with Crippen molar-refractivity contribution >= 4 is 5.97 Å². The lowest BCUT2D eigenvalue weighted by Crippen LogP contribution is -2.26. The van der Waals surface area contributed by atoms with Crippen molar-refractivity contribution in [2.24, 2.45) is 0 Å². The van der Waals surface area contributed by atoms with Crippen molar-refractivity contribution in [3.63, 3.8) is 0 Å². The van der Waals surface area contributed by atoms with Gasteiger partial charge < -0.3 is 24.1 Å². The highest BCUT2D eigenvalue weighted by atomic mass is 16.6. The fourth-order valence-corrected chi connectivity index (χ4v) is 2.01. The van der Waals surface area contributed by atoms with Crippen LogP contribution in [-0.2, 0) is 20.9 Å². The standard InChI is InChI=1S/C14H18O6/c1-17-11-4-3-9(5-12(11)18-2)7-19-8-13-10(15)6-14(16)20-13/h3-5,10,13,15H,6-8H2,1-2H3/t10-,13+/m1/s1. The highest BCUT2D eigenvalue weighted by Crippen LogP contribution is 2.27. The third-order valence-electron chi connectivity index (χ3n) is 3.09. The van der Waals surface area contributed by atoms with Gasteiger partial charge in [0.1, 0.15) is 6.10 Å². The SMILES string of the molecule is COc1ccc(COC[C@@H]2OC(=O)C[C@H]2O)cc1OC. The first-order chi connectivity index (χ1) is 9.63. The second-order valence-corrected chi connectivity index (χ2v) is 4.50. The van der Waals surface area contributed by atoms with Gasteiger partial charge in [-0.1, -0.05) is 6.07 Å². The van der Waals surface area contributed by atoms with Crippen LogP contribution in [-0.4, -0.2) is 44.1 Å². The van der Waals surface area contributed by atoms with Gasteiger partial charge in [0.25, 0.3) is 0 Å². The van der Waals surface area contributed by atoms with Crippen LogP contribution in [0.2, 0.25) is 0 Å². The van der Waals surface area contributed by atoms with E-state index >= 15 is 0 Å². The molecule has 0 bridgehead atoms. The monoisotopic (exact) mass is 282 g/mol. The van der Waals surface area contributed by atoms with Crippen LogP contribution in [0.5, 0.6) is 11.5 Å². The molecule has 1 fully saturated rings. The quantitative estimate of drug-likeness (QED) is 0.781. The summed E-state index contributed by atoms with van der Waals surface area (Å²) in [5.74, 6) is 0.884. The average Bonchev–Trinajstić information content (AvgIpc) is 2.77. The van der Waals surface area contributed by atoms with Crippen LogP contribution in [0.4, 0.5) is 0 Å². The number of hydrogen-bond acceptors (Lipinski definition) is 6. The summed E-state index contributed by atoms with van der Waals surface area (Å²) in [7, 11) is 3.14. The summed E-state index contributed by atoms with van der Waals surface area (Å²) in [4.78, 5) is 11.0. The Morgan fingerprint density at radius 2 is 2.05 bits per heavy atom. The van der Waals surface area contributed by atoms with Crippen molar-refractivity contribution in [3.8, 4) is 11.5 Å². The Balaban J connectivity index is 1.86. The van der Waals surface area contributed by atoms with E-state index in [1.807, 2.05) is 12.1 Å². The Bertz CT molecular complexity index is 473. The number of ether oxygens (including phenoxy) is 4. The summed E-state index contributed by atoms with van der Waals surface area (Å²) in [6.07, 6.45) is -1.33. The second kappa shape index (κ2) is 6.58. The predicted octanol–water partition coefficient (Wildman–Crippen LogP) is 0.897. The maximum Gasteiger partial charge on any atom is 0.309 e. The molecular formula is C14H18O6. The molecule has 2 atom stereocenters. The van der Waals surface area contributed by atoms with Crippen molar-refractivity contribution in [3.05, 3.63) is 23.8 Å². The first kappa shape index (κ1) is 14.6. The number of esters is 1. The van der Waals surface area contributed by atoms with Crippen molar-refractivity contribution in [1.29, 1.82) is 0 Å². The lowest BCUT2D eigenvalue weighted by molar-refractivity contribution is -0.144. The lowest BCUT2D eigenvalue weighted by atomic mass is 10.2. The molecule has 0 saturated carbocycles. The van der Waals surface area contributed by atoms with Gasteiger partial charge in [0.2, 0.25) is 0 Å². The molecule has 1 aliphatic heterocycles.